The molecule has 0 atom stereocenters. The van der Waals surface area contributed by atoms with Crippen LogP contribution in [0.1, 0.15) is 5.56 Å². The number of rotatable bonds is 3. The Morgan fingerprint density at radius 2 is 2.33 bits per heavy atom. The van der Waals surface area contributed by atoms with Crippen molar-refractivity contribution in [3.8, 4) is 0 Å². The van der Waals surface area contributed by atoms with Crippen molar-refractivity contribution in [3.05, 3.63) is 34.3 Å². The lowest BCUT2D eigenvalue weighted by atomic mass is 10.2. The maximum absolute atomic E-state index is 6.04. The number of halogens is 1. The number of nitrogens with zero attached hydrogens (tertiary/aromatic N) is 2. The number of benzene rings is 1. The lowest BCUT2D eigenvalue weighted by molar-refractivity contribution is 1.00. The lowest BCUT2D eigenvalue weighted by Crippen LogP contribution is -1.99. The monoisotopic (exact) mass is 257 g/mol. The van der Waals surface area contributed by atoms with E-state index in [9.17, 15) is 0 Å². The average Bonchev–Trinajstić information content (AvgIpc) is 2.71. The minimum Gasteiger partial charge on any atom is -0.326 e. The smallest absolute Gasteiger partial charge is 0.178 e. The van der Waals surface area contributed by atoms with Crippen LogP contribution in [0.4, 0.5) is 0 Å². The summed E-state index contributed by atoms with van der Waals surface area (Å²) in [5.74, 6) is 0. The highest BCUT2D eigenvalue weighted by Crippen LogP contribution is 2.33. The van der Waals surface area contributed by atoms with E-state index >= 15 is 0 Å². The van der Waals surface area contributed by atoms with Gasteiger partial charge in [-0.1, -0.05) is 40.8 Å². The summed E-state index contributed by atoms with van der Waals surface area (Å²) in [5, 5.41) is 8.44. The Labute approximate surface area is 101 Å². The van der Waals surface area contributed by atoms with Crippen LogP contribution in [0, 0.1) is 0 Å². The van der Waals surface area contributed by atoms with Gasteiger partial charge >= 0.3 is 0 Å². The van der Waals surface area contributed by atoms with Crippen molar-refractivity contribution >= 4 is 34.7 Å². The normalized spacial score (nSPS) is 10.5. The Morgan fingerprint density at radius 3 is 3.00 bits per heavy atom. The quantitative estimate of drug-likeness (QED) is 0.919. The molecule has 6 heteroatoms. The lowest BCUT2D eigenvalue weighted by Gasteiger charge is -2.06. The Morgan fingerprint density at radius 1 is 1.47 bits per heavy atom. The molecule has 15 heavy (non-hydrogen) atoms. The number of aromatic nitrogens is 2. The molecular formula is C9H8ClN3S2. The van der Waals surface area contributed by atoms with E-state index in [2.05, 4.69) is 10.2 Å². The first kappa shape index (κ1) is 10.9. The molecule has 0 radical (unpaired) electrons. The fraction of sp³-hybridized carbons (Fsp3) is 0.111. The molecule has 0 fully saturated rings. The van der Waals surface area contributed by atoms with Gasteiger partial charge in [0.15, 0.2) is 4.34 Å². The van der Waals surface area contributed by atoms with E-state index in [0.29, 0.717) is 11.6 Å². The van der Waals surface area contributed by atoms with Gasteiger partial charge in [-0.3, -0.25) is 0 Å². The van der Waals surface area contributed by atoms with Crippen LogP contribution in [0.25, 0.3) is 0 Å². The van der Waals surface area contributed by atoms with E-state index in [-0.39, 0.29) is 0 Å². The van der Waals surface area contributed by atoms with Gasteiger partial charge in [-0.2, -0.15) is 0 Å². The first-order chi connectivity index (χ1) is 7.31. The standard InChI is InChI=1S/C9H8ClN3S2/c10-7-2-1-3-8(6(7)4-11)15-9-13-12-5-14-9/h1-3,5H,4,11H2. The molecule has 0 aliphatic carbocycles. The van der Waals surface area contributed by atoms with Crippen LogP contribution < -0.4 is 5.73 Å². The number of hydrogen-bond acceptors (Lipinski definition) is 5. The van der Waals surface area contributed by atoms with Gasteiger partial charge in [-0.25, -0.2) is 0 Å². The summed E-state index contributed by atoms with van der Waals surface area (Å²) in [6.07, 6.45) is 0. The van der Waals surface area contributed by atoms with Gasteiger partial charge in [0, 0.05) is 16.5 Å². The largest absolute Gasteiger partial charge is 0.326 e. The molecular weight excluding hydrogens is 250 g/mol. The molecule has 0 aliphatic heterocycles. The Bertz CT molecular complexity index is 445. The molecule has 0 amide bonds. The highest BCUT2D eigenvalue weighted by atomic mass is 35.5. The predicted octanol–water partition coefficient (Wildman–Crippen LogP) is 2.80. The molecule has 78 valence electrons. The molecule has 0 saturated carbocycles. The van der Waals surface area contributed by atoms with E-state index in [1.807, 2.05) is 18.2 Å². The zero-order valence-corrected chi connectivity index (χ0v) is 10.1. The number of hydrogen-bond donors (Lipinski definition) is 1. The van der Waals surface area contributed by atoms with Crippen molar-refractivity contribution < 1.29 is 0 Å². The average molecular weight is 258 g/mol. The van der Waals surface area contributed by atoms with Crippen LogP contribution in [0.3, 0.4) is 0 Å². The van der Waals surface area contributed by atoms with Gasteiger partial charge in [-0.05, 0) is 17.7 Å². The zero-order valence-electron chi connectivity index (χ0n) is 7.68. The molecule has 2 aromatic rings. The highest BCUT2D eigenvalue weighted by molar-refractivity contribution is 8.01. The molecule has 1 heterocycles. The van der Waals surface area contributed by atoms with E-state index in [1.54, 1.807) is 17.3 Å². The molecule has 1 aromatic carbocycles. The van der Waals surface area contributed by atoms with Gasteiger partial charge in [0.2, 0.25) is 0 Å². The maximum Gasteiger partial charge on any atom is 0.178 e. The summed E-state index contributed by atoms with van der Waals surface area (Å²) >= 11 is 9.08. The summed E-state index contributed by atoms with van der Waals surface area (Å²) in [6, 6.07) is 5.74. The van der Waals surface area contributed by atoms with E-state index < -0.39 is 0 Å². The van der Waals surface area contributed by atoms with Crippen LogP contribution in [0.2, 0.25) is 5.02 Å². The summed E-state index contributed by atoms with van der Waals surface area (Å²) in [4.78, 5) is 1.04. The molecule has 0 aliphatic rings. The molecule has 3 nitrogen and oxygen atoms in total. The highest BCUT2D eigenvalue weighted by Gasteiger charge is 2.08. The van der Waals surface area contributed by atoms with Crippen molar-refractivity contribution in [2.45, 2.75) is 15.8 Å². The molecule has 0 spiro atoms. The topological polar surface area (TPSA) is 51.8 Å². The van der Waals surface area contributed by atoms with Crippen LogP contribution in [0.5, 0.6) is 0 Å². The Hall–Kier alpha value is -0.620. The first-order valence-electron chi connectivity index (χ1n) is 4.22. The van der Waals surface area contributed by atoms with Gasteiger partial charge in [-0.15, -0.1) is 10.2 Å². The van der Waals surface area contributed by atoms with E-state index in [1.165, 1.54) is 11.3 Å². The third kappa shape index (κ3) is 2.49. The van der Waals surface area contributed by atoms with Crippen molar-refractivity contribution in [1.29, 1.82) is 0 Å². The molecule has 2 N–H and O–H groups in total. The minimum absolute atomic E-state index is 0.431. The molecule has 0 bridgehead atoms. The van der Waals surface area contributed by atoms with Crippen LogP contribution in [0.15, 0.2) is 32.9 Å². The second-order valence-corrected chi connectivity index (χ2v) is 5.26. The summed E-state index contributed by atoms with van der Waals surface area (Å²) < 4.78 is 0.895. The van der Waals surface area contributed by atoms with Gasteiger partial charge in [0.1, 0.15) is 5.51 Å². The second kappa shape index (κ2) is 4.94. The molecule has 0 unspecified atom stereocenters. The van der Waals surface area contributed by atoms with Gasteiger partial charge < -0.3 is 5.73 Å². The fourth-order valence-corrected chi connectivity index (χ4v) is 3.05. The summed E-state index contributed by atoms with van der Waals surface area (Å²) in [7, 11) is 0. The summed E-state index contributed by atoms with van der Waals surface area (Å²) in [5.41, 5.74) is 8.31. The molecule has 1 aromatic heterocycles. The van der Waals surface area contributed by atoms with Crippen LogP contribution in [-0.2, 0) is 6.54 Å². The SMILES string of the molecule is NCc1c(Cl)cccc1Sc1nncs1. The Balaban J connectivity index is 2.32. The van der Waals surface area contributed by atoms with E-state index in [0.717, 1.165) is 14.8 Å². The third-order valence-corrected chi connectivity index (χ3v) is 4.05. The fourth-order valence-electron chi connectivity index (χ4n) is 1.13. The van der Waals surface area contributed by atoms with Crippen molar-refractivity contribution in [3.63, 3.8) is 0 Å². The maximum atomic E-state index is 6.04. The molecule has 2 rings (SSSR count). The van der Waals surface area contributed by atoms with Crippen LogP contribution >= 0.6 is 34.7 Å². The Kier molecular flexibility index (Phi) is 3.58. The first-order valence-corrected chi connectivity index (χ1v) is 6.30. The van der Waals surface area contributed by atoms with E-state index in [4.69, 9.17) is 17.3 Å². The molecule has 0 saturated heterocycles. The van der Waals surface area contributed by atoms with Crippen molar-refractivity contribution in [2.24, 2.45) is 5.73 Å². The minimum atomic E-state index is 0.431. The van der Waals surface area contributed by atoms with Gasteiger partial charge in [0.25, 0.3) is 0 Å². The second-order valence-electron chi connectivity index (χ2n) is 2.73. The van der Waals surface area contributed by atoms with Crippen LogP contribution in [-0.4, -0.2) is 10.2 Å². The zero-order chi connectivity index (χ0) is 10.7. The third-order valence-electron chi connectivity index (χ3n) is 1.82. The number of nitrogens with two attached hydrogens (primary N) is 1. The van der Waals surface area contributed by atoms with Gasteiger partial charge in [0.05, 0.1) is 0 Å². The summed E-state index contributed by atoms with van der Waals surface area (Å²) in [6.45, 7) is 0.431. The predicted molar refractivity (Wildman–Crippen MR) is 63.4 cm³/mol. The van der Waals surface area contributed by atoms with Crippen molar-refractivity contribution in [2.75, 3.05) is 0 Å². The van der Waals surface area contributed by atoms with Crippen molar-refractivity contribution in [1.82, 2.24) is 10.2 Å².